The summed E-state index contributed by atoms with van der Waals surface area (Å²) in [6, 6.07) is 16.1. The number of hydrogen-bond donors (Lipinski definition) is 5. The van der Waals surface area contributed by atoms with Crippen molar-refractivity contribution in [3.05, 3.63) is 82.9 Å². The van der Waals surface area contributed by atoms with Gasteiger partial charge in [0, 0.05) is 18.1 Å². The van der Waals surface area contributed by atoms with Gasteiger partial charge in [0.15, 0.2) is 11.5 Å². The van der Waals surface area contributed by atoms with Crippen LogP contribution in [-0.4, -0.2) is 37.6 Å². The first-order valence-corrected chi connectivity index (χ1v) is 9.82. The molecule has 3 aromatic rings. The van der Waals surface area contributed by atoms with Crippen LogP contribution in [0.2, 0.25) is 0 Å². The van der Waals surface area contributed by atoms with Crippen molar-refractivity contribution >= 4 is 5.97 Å². The number of aliphatic carboxylic acids is 1. The molecule has 3 atom stereocenters. The van der Waals surface area contributed by atoms with Gasteiger partial charge in [-0.2, -0.15) is 0 Å². The van der Waals surface area contributed by atoms with Crippen LogP contribution in [0.1, 0.15) is 34.3 Å². The summed E-state index contributed by atoms with van der Waals surface area (Å²) in [4.78, 5) is 12.1. The number of aliphatic hydroxyl groups is 1. The van der Waals surface area contributed by atoms with Crippen molar-refractivity contribution in [2.45, 2.75) is 31.0 Å². The van der Waals surface area contributed by atoms with Gasteiger partial charge < -0.3 is 30.3 Å². The molecule has 0 radical (unpaired) electrons. The number of carbonyl (C=O) groups is 1. The van der Waals surface area contributed by atoms with Crippen LogP contribution in [0, 0.1) is 0 Å². The van der Waals surface area contributed by atoms with Crippen molar-refractivity contribution in [3.8, 4) is 23.0 Å². The Bertz CT molecular complexity index is 1110. The minimum Gasteiger partial charge on any atom is -0.508 e. The zero-order valence-corrected chi connectivity index (χ0v) is 16.5. The summed E-state index contributed by atoms with van der Waals surface area (Å²) in [5.74, 6) is -2.48. The van der Waals surface area contributed by atoms with Crippen LogP contribution in [0.15, 0.2) is 60.7 Å². The van der Waals surface area contributed by atoms with Gasteiger partial charge in [-0.3, -0.25) is 4.79 Å². The highest BCUT2D eigenvalue weighted by atomic mass is 16.5. The molecule has 0 aromatic heterocycles. The molecule has 1 heterocycles. The lowest BCUT2D eigenvalue weighted by Crippen LogP contribution is -2.32. The number of aliphatic hydroxyl groups excluding tert-OH is 1. The predicted molar refractivity (Wildman–Crippen MR) is 111 cm³/mol. The molecular formula is C24H22O7. The lowest BCUT2D eigenvalue weighted by atomic mass is 9.84. The van der Waals surface area contributed by atoms with Crippen molar-refractivity contribution in [1.29, 1.82) is 0 Å². The molecule has 5 N–H and O–H groups in total. The number of phenols is 3. The molecule has 1 aliphatic heterocycles. The number of aromatic hydroxyl groups is 3. The highest BCUT2D eigenvalue weighted by molar-refractivity contribution is 5.78. The Morgan fingerprint density at radius 3 is 2.42 bits per heavy atom. The summed E-state index contributed by atoms with van der Waals surface area (Å²) >= 11 is 0. The maximum absolute atomic E-state index is 12.1. The maximum atomic E-state index is 12.1. The van der Waals surface area contributed by atoms with E-state index < -0.39 is 24.1 Å². The first-order valence-electron chi connectivity index (χ1n) is 9.82. The molecule has 31 heavy (non-hydrogen) atoms. The molecule has 7 nitrogen and oxygen atoms in total. The van der Waals surface area contributed by atoms with Crippen molar-refractivity contribution in [3.63, 3.8) is 0 Å². The van der Waals surface area contributed by atoms with Gasteiger partial charge >= 0.3 is 5.97 Å². The number of rotatable bonds is 5. The zero-order chi connectivity index (χ0) is 22.1. The molecule has 160 valence electrons. The number of hydrogen-bond acceptors (Lipinski definition) is 6. The third-order valence-electron chi connectivity index (χ3n) is 5.53. The first kappa shape index (κ1) is 20.6. The molecule has 0 saturated heterocycles. The zero-order valence-electron chi connectivity index (χ0n) is 16.5. The lowest BCUT2D eigenvalue weighted by Gasteiger charge is -2.33. The molecule has 0 fully saturated rings. The van der Waals surface area contributed by atoms with Crippen LogP contribution in [0.25, 0.3) is 0 Å². The van der Waals surface area contributed by atoms with E-state index in [4.69, 9.17) is 4.74 Å². The van der Waals surface area contributed by atoms with Gasteiger partial charge in [-0.25, -0.2) is 0 Å². The van der Waals surface area contributed by atoms with Crippen LogP contribution in [0.3, 0.4) is 0 Å². The van der Waals surface area contributed by atoms with E-state index in [1.54, 1.807) is 0 Å². The molecule has 7 heteroatoms. The van der Waals surface area contributed by atoms with Gasteiger partial charge in [-0.1, -0.05) is 36.4 Å². The number of benzene rings is 3. The molecular weight excluding hydrogens is 400 g/mol. The molecule has 0 spiro atoms. The van der Waals surface area contributed by atoms with Gasteiger partial charge in [0.05, 0.1) is 12.0 Å². The van der Waals surface area contributed by atoms with Crippen LogP contribution < -0.4 is 4.74 Å². The second-order valence-electron chi connectivity index (χ2n) is 7.65. The SMILES string of the molecule is O=C(O)C(Cc1ccccc1)c1cc(O)cc2c1C[C@H](O)C(c1ccc(O)c(O)c1)O2. The minimum absolute atomic E-state index is 0.107. The standard InChI is InChI=1S/C24H22O7/c25-15-10-16(18(24(29)30)8-13-4-2-1-3-5-13)17-12-21(28)23(31-22(17)11-15)14-6-7-19(26)20(27)9-14/h1-7,9-11,18,21,23,25-28H,8,12H2,(H,29,30)/t18?,21-,23?/m0/s1. The van der Waals surface area contributed by atoms with Gasteiger partial charge in [-0.15, -0.1) is 0 Å². The Hall–Kier alpha value is -3.71. The van der Waals surface area contributed by atoms with E-state index in [0.29, 0.717) is 16.7 Å². The summed E-state index contributed by atoms with van der Waals surface area (Å²) in [7, 11) is 0. The van der Waals surface area contributed by atoms with Gasteiger partial charge in [0.25, 0.3) is 0 Å². The number of carboxylic acid groups (broad SMARTS) is 1. The smallest absolute Gasteiger partial charge is 0.311 e. The van der Waals surface area contributed by atoms with Crippen molar-refractivity contribution in [2.24, 2.45) is 0 Å². The number of fused-ring (bicyclic) bond motifs is 1. The van der Waals surface area contributed by atoms with Crippen LogP contribution in [-0.2, 0) is 17.6 Å². The van der Waals surface area contributed by atoms with E-state index in [9.17, 15) is 30.3 Å². The predicted octanol–water partition coefficient (Wildman–Crippen LogP) is 3.25. The van der Waals surface area contributed by atoms with Crippen molar-refractivity contribution in [2.75, 3.05) is 0 Å². The first-order chi connectivity index (χ1) is 14.8. The Morgan fingerprint density at radius 2 is 1.74 bits per heavy atom. The van der Waals surface area contributed by atoms with Crippen molar-refractivity contribution in [1.82, 2.24) is 0 Å². The second-order valence-corrected chi connectivity index (χ2v) is 7.65. The Morgan fingerprint density at radius 1 is 1.00 bits per heavy atom. The van der Waals surface area contributed by atoms with E-state index in [-0.39, 0.29) is 35.8 Å². The summed E-state index contributed by atoms with van der Waals surface area (Å²) < 4.78 is 5.93. The molecule has 1 aliphatic rings. The average molecular weight is 422 g/mol. The number of ether oxygens (including phenoxy) is 1. The normalized spacial score (nSPS) is 18.6. The maximum Gasteiger partial charge on any atom is 0.311 e. The third kappa shape index (κ3) is 4.13. The van der Waals surface area contributed by atoms with E-state index in [0.717, 1.165) is 5.56 Å². The molecule has 0 bridgehead atoms. The van der Waals surface area contributed by atoms with Crippen LogP contribution >= 0.6 is 0 Å². The van der Waals surface area contributed by atoms with E-state index in [1.807, 2.05) is 30.3 Å². The monoisotopic (exact) mass is 422 g/mol. The van der Waals surface area contributed by atoms with Gasteiger partial charge in [-0.05, 0) is 41.3 Å². The summed E-state index contributed by atoms with van der Waals surface area (Å²) in [5.41, 5.74) is 2.18. The molecule has 0 saturated carbocycles. The highest BCUT2D eigenvalue weighted by Crippen LogP contribution is 2.43. The quantitative estimate of drug-likeness (QED) is 0.399. The van der Waals surface area contributed by atoms with Crippen molar-refractivity contribution < 1.29 is 35.1 Å². The Labute approximate surface area is 178 Å². The summed E-state index contributed by atoms with van der Waals surface area (Å²) in [6.45, 7) is 0. The molecule has 2 unspecified atom stereocenters. The van der Waals surface area contributed by atoms with Crippen LogP contribution in [0.4, 0.5) is 0 Å². The van der Waals surface area contributed by atoms with Gasteiger partial charge in [0.1, 0.15) is 17.6 Å². The van der Waals surface area contributed by atoms with Gasteiger partial charge in [0.2, 0.25) is 0 Å². The molecule has 0 aliphatic carbocycles. The van der Waals surface area contributed by atoms with E-state index >= 15 is 0 Å². The fraction of sp³-hybridized carbons (Fsp3) is 0.208. The van der Waals surface area contributed by atoms with Crippen LogP contribution in [0.5, 0.6) is 23.0 Å². The topological polar surface area (TPSA) is 127 Å². The summed E-state index contributed by atoms with van der Waals surface area (Å²) in [5, 5.41) is 50.2. The number of carboxylic acids is 1. The summed E-state index contributed by atoms with van der Waals surface area (Å²) in [6.07, 6.45) is -1.55. The third-order valence-corrected chi connectivity index (χ3v) is 5.53. The average Bonchev–Trinajstić information content (AvgIpc) is 2.74. The Balaban J connectivity index is 1.72. The van der Waals surface area contributed by atoms with E-state index in [2.05, 4.69) is 0 Å². The fourth-order valence-electron chi connectivity index (χ4n) is 4.01. The highest BCUT2D eigenvalue weighted by Gasteiger charge is 2.35. The van der Waals surface area contributed by atoms with E-state index in [1.165, 1.54) is 30.3 Å². The minimum atomic E-state index is -1.04. The lowest BCUT2D eigenvalue weighted by molar-refractivity contribution is -0.138. The molecule has 0 amide bonds. The second kappa shape index (κ2) is 8.20. The fourth-order valence-corrected chi connectivity index (χ4v) is 4.01. The Kier molecular flexibility index (Phi) is 5.44. The number of phenolic OH excluding ortho intramolecular Hbond substituents is 3. The largest absolute Gasteiger partial charge is 0.508 e. The molecule has 4 rings (SSSR count). The molecule has 3 aromatic carbocycles.